The van der Waals surface area contributed by atoms with Crippen LogP contribution in [-0.4, -0.2) is 31.1 Å². The predicted molar refractivity (Wildman–Crippen MR) is 110 cm³/mol. The Balaban J connectivity index is 1.74. The summed E-state index contributed by atoms with van der Waals surface area (Å²) in [5.74, 6) is 0.558. The van der Waals surface area contributed by atoms with Crippen LogP contribution in [0.3, 0.4) is 0 Å². The largest absolute Gasteiger partial charge is 0.494 e. The number of unbranched alkanes of at least 4 members (excludes halogenated alkanes) is 1. The van der Waals surface area contributed by atoms with Crippen LogP contribution in [0.25, 0.3) is 0 Å². The van der Waals surface area contributed by atoms with Crippen LogP contribution >= 0.6 is 0 Å². The Bertz CT molecular complexity index is 804. The molecule has 2 rings (SSSR count). The SMILES string of the molecule is CCOC(=O)CCCCOc1ccc(/C(N)=N\C(=O)OCc2ccccc2)cc1. The Labute approximate surface area is 170 Å². The van der Waals surface area contributed by atoms with Crippen molar-refractivity contribution >= 4 is 17.9 Å². The number of rotatable bonds is 10. The molecule has 154 valence electrons. The van der Waals surface area contributed by atoms with E-state index in [0.717, 1.165) is 12.0 Å². The van der Waals surface area contributed by atoms with Crippen LogP contribution < -0.4 is 10.5 Å². The van der Waals surface area contributed by atoms with Crippen LogP contribution in [0.5, 0.6) is 5.75 Å². The molecule has 0 heterocycles. The highest BCUT2D eigenvalue weighted by Gasteiger charge is 2.06. The summed E-state index contributed by atoms with van der Waals surface area (Å²) in [5.41, 5.74) is 7.34. The van der Waals surface area contributed by atoms with E-state index in [4.69, 9.17) is 19.9 Å². The maximum atomic E-state index is 11.8. The number of aliphatic imine (C=N–C) groups is 1. The smallest absolute Gasteiger partial charge is 0.435 e. The number of carbonyl (C=O) groups is 2. The second-order valence-electron chi connectivity index (χ2n) is 6.17. The summed E-state index contributed by atoms with van der Waals surface area (Å²) in [6.45, 7) is 2.82. The van der Waals surface area contributed by atoms with Crippen LogP contribution in [0, 0.1) is 0 Å². The highest BCUT2D eigenvalue weighted by molar-refractivity contribution is 6.02. The third kappa shape index (κ3) is 8.47. The summed E-state index contributed by atoms with van der Waals surface area (Å²) in [5, 5.41) is 0. The van der Waals surface area contributed by atoms with Gasteiger partial charge in [-0.2, -0.15) is 4.99 Å². The lowest BCUT2D eigenvalue weighted by molar-refractivity contribution is -0.143. The van der Waals surface area contributed by atoms with Crippen molar-refractivity contribution in [2.45, 2.75) is 32.8 Å². The van der Waals surface area contributed by atoms with Gasteiger partial charge in [-0.15, -0.1) is 0 Å². The monoisotopic (exact) mass is 398 g/mol. The number of nitrogens with zero attached hydrogens (tertiary/aromatic N) is 1. The number of carbonyl (C=O) groups excluding carboxylic acids is 2. The van der Waals surface area contributed by atoms with Crippen molar-refractivity contribution in [2.75, 3.05) is 13.2 Å². The van der Waals surface area contributed by atoms with Crippen LogP contribution in [0.4, 0.5) is 4.79 Å². The highest BCUT2D eigenvalue weighted by Crippen LogP contribution is 2.13. The fourth-order valence-corrected chi connectivity index (χ4v) is 2.43. The first-order valence-corrected chi connectivity index (χ1v) is 9.52. The first kappa shape index (κ1) is 21.9. The zero-order chi connectivity index (χ0) is 20.9. The minimum Gasteiger partial charge on any atom is -0.494 e. The summed E-state index contributed by atoms with van der Waals surface area (Å²) in [6, 6.07) is 16.3. The lowest BCUT2D eigenvalue weighted by Gasteiger charge is -2.07. The van der Waals surface area contributed by atoms with Crippen molar-refractivity contribution < 1.29 is 23.8 Å². The van der Waals surface area contributed by atoms with Crippen LogP contribution in [0.2, 0.25) is 0 Å². The molecule has 0 aliphatic carbocycles. The number of esters is 1. The third-order valence-corrected chi connectivity index (χ3v) is 3.92. The van der Waals surface area contributed by atoms with Crippen molar-refractivity contribution in [3.05, 3.63) is 65.7 Å². The normalized spacial score (nSPS) is 11.0. The Morgan fingerprint density at radius 3 is 2.38 bits per heavy atom. The van der Waals surface area contributed by atoms with Gasteiger partial charge in [0, 0.05) is 12.0 Å². The Morgan fingerprint density at radius 2 is 1.69 bits per heavy atom. The van der Waals surface area contributed by atoms with Crippen molar-refractivity contribution in [3.63, 3.8) is 0 Å². The predicted octanol–water partition coefficient (Wildman–Crippen LogP) is 3.84. The molecular weight excluding hydrogens is 372 g/mol. The molecule has 1 amide bonds. The minimum absolute atomic E-state index is 0.0732. The van der Waals surface area contributed by atoms with Gasteiger partial charge in [-0.1, -0.05) is 30.3 Å². The maximum absolute atomic E-state index is 11.8. The van der Waals surface area contributed by atoms with Gasteiger partial charge in [-0.05, 0) is 49.6 Å². The fourth-order valence-electron chi connectivity index (χ4n) is 2.43. The molecule has 0 aromatic heterocycles. The molecule has 0 saturated heterocycles. The number of ether oxygens (including phenoxy) is 3. The molecule has 0 unspecified atom stereocenters. The van der Waals surface area contributed by atoms with Crippen LogP contribution in [-0.2, 0) is 20.9 Å². The van der Waals surface area contributed by atoms with Crippen molar-refractivity contribution in [1.82, 2.24) is 0 Å². The van der Waals surface area contributed by atoms with Crippen molar-refractivity contribution in [3.8, 4) is 5.75 Å². The average Bonchev–Trinajstić information content (AvgIpc) is 2.73. The van der Waals surface area contributed by atoms with Crippen molar-refractivity contribution in [2.24, 2.45) is 10.7 Å². The topological polar surface area (TPSA) is 100 Å². The molecule has 7 nitrogen and oxygen atoms in total. The molecule has 0 bridgehead atoms. The number of benzene rings is 2. The van der Waals surface area contributed by atoms with E-state index < -0.39 is 6.09 Å². The Hall–Kier alpha value is -3.35. The molecule has 29 heavy (non-hydrogen) atoms. The van der Waals surface area contributed by atoms with Gasteiger partial charge in [0.25, 0.3) is 0 Å². The number of nitrogens with two attached hydrogens (primary N) is 1. The van der Waals surface area contributed by atoms with Crippen LogP contribution in [0.1, 0.15) is 37.3 Å². The van der Waals surface area contributed by atoms with Gasteiger partial charge in [-0.25, -0.2) is 4.79 Å². The van der Waals surface area contributed by atoms with E-state index in [1.165, 1.54) is 0 Å². The van der Waals surface area contributed by atoms with Gasteiger partial charge >= 0.3 is 12.1 Å². The van der Waals surface area contributed by atoms with E-state index in [9.17, 15) is 9.59 Å². The van der Waals surface area contributed by atoms with E-state index in [1.807, 2.05) is 30.3 Å². The zero-order valence-corrected chi connectivity index (χ0v) is 16.5. The second kappa shape index (κ2) is 12.2. The standard InChI is InChI=1S/C22H26N2O5/c1-2-27-20(25)10-6-7-15-28-19-13-11-18(12-14-19)21(23)24-22(26)29-16-17-8-4-3-5-9-17/h3-5,8-9,11-14H,2,6-7,10,15-16H2,1H3,(H2,23,24,26). The molecule has 0 atom stereocenters. The molecule has 2 N–H and O–H groups in total. The van der Waals surface area contributed by atoms with Gasteiger partial charge in [0.2, 0.25) is 0 Å². The lowest BCUT2D eigenvalue weighted by Crippen LogP contribution is -2.16. The molecule has 0 spiro atoms. The lowest BCUT2D eigenvalue weighted by atomic mass is 10.2. The Kier molecular flexibility index (Phi) is 9.21. The van der Waals surface area contributed by atoms with E-state index in [-0.39, 0.29) is 18.4 Å². The molecule has 0 aliphatic heterocycles. The summed E-state index contributed by atoms with van der Waals surface area (Å²) in [4.78, 5) is 26.8. The summed E-state index contributed by atoms with van der Waals surface area (Å²) in [7, 11) is 0. The van der Waals surface area contributed by atoms with Crippen LogP contribution in [0.15, 0.2) is 59.6 Å². The minimum atomic E-state index is -0.742. The summed E-state index contributed by atoms with van der Waals surface area (Å²) < 4.78 is 15.6. The van der Waals surface area contributed by atoms with Gasteiger partial charge in [0.05, 0.1) is 13.2 Å². The Morgan fingerprint density at radius 1 is 0.966 bits per heavy atom. The maximum Gasteiger partial charge on any atom is 0.435 e. The number of hydrogen-bond acceptors (Lipinski definition) is 5. The number of amidine groups is 1. The molecular formula is C22H26N2O5. The molecule has 0 saturated carbocycles. The summed E-state index contributed by atoms with van der Waals surface area (Å²) in [6.07, 6.45) is 1.11. The second-order valence-corrected chi connectivity index (χ2v) is 6.17. The molecule has 2 aromatic rings. The average molecular weight is 398 g/mol. The molecule has 0 aliphatic rings. The van der Waals surface area contributed by atoms with E-state index in [0.29, 0.717) is 37.4 Å². The van der Waals surface area contributed by atoms with E-state index in [1.54, 1.807) is 31.2 Å². The first-order chi connectivity index (χ1) is 14.1. The number of hydrogen-bond donors (Lipinski definition) is 1. The molecule has 7 heteroatoms. The molecule has 0 radical (unpaired) electrons. The zero-order valence-electron chi connectivity index (χ0n) is 16.5. The highest BCUT2D eigenvalue weighted by atomic mass is 16.5. The fraction of sp³-hybridized carbons (Fsp3) is 0.318. The quantitative estimate of drug-likeness (QED) is 0.282. The van der Waals surface area contributed by atoms with E-state index >= 15 is 0 Å². The summed E-state index contributed by atoms with van der Waals surface area (Å²) >= 11 is 0. The molecule has 2 aromatic carbocycles. The third-order valence-electron chi connectivity index (χ3n) is 3.92. The first-order valence-electron chi connectivity index (χ1n) is 9.52. The van der Waals surface area contributed by atoms with Crippen molar-refractivity contribution in [1.29, 1.82) is 0 Å². The number of amides is 1. The van der Waals surface area contributed by atoms with Gasteiger partial charge in [-0.3, -0.25) is 4.79 Å². The van der Waals surface area contributed by atoms with Gasteiger partial charge < -0.3 is 19.9 Å². The van der Waals surface area contributed by atoms with Gasteiger partial charge in [0.15, 0.2) is 0 Å². The van der Waals surface area contributed by atoms with Gasteiger partial charge in [0.1, 0.15) is 18.2 Å². The van der Waals surface area contributed by atoms with E-state index in [2.05, 4.69) is 4.99 Å². The molecule has 0 fully saturated rings.